The molecule has 1 amide bonds. The fourth-order valence-corrected chi connectivity index (χ4v) is 4.48. The van der Waals surface area contributed by atoms with Crippen molar-refractivity contribution in [3.05, 3.63) is 71.8 Å². The van der Waals surface area contributed by atoms with Gasteiger partial charge in [-0.15, -0.1) is 12.4 Å². The summed E-state index contributed by atoms with van der Waals surface area (Å²) >= 11 is 1.55. The Labute approximate surface area is 198 Å². The highest BCUT2D eigenvalue weighted by Crippen LogP contribution is 2.32. The molecule has 168 valence electrons. The molecule has 4 rings (SSSR count). The van der Waals surface area contributed by atoms with Crippen molar-refractivity contribution in [3.8, 4) is 5.75 Å². The second-order valence-corrected chi connectivity index (χ2v) is 8.66. The maximum atomic E-state index is 13.2. The van der Waals surface area contributed by atoms with Gasteiger partial charge in [0.1, 0.15) is 5.75 Å². The first-order valence-electron chi connectivity index (χ1n) is 10.3. The molecular formula is C24H27ClN4O2S. The third kappa shape index (κ3) is 5.47. The Morgan fingerprint density at radius 2 is 2.03 bits per heavy atom. The maximum Gasteiger partial charge on any atom is 0.266 e. The molecule has 0 unspecified atom stereocenters. The van der Waals surface area contributed by atoms with Crippen LogP contribution in [0.2, 0.25) is 0 Å². The second-order valence-electron chi connectivity index (χ2n) is 7.66. The van der Waals surface area contributed by atoms with Crippen LogP contribution in [0.5, 0.6) is 5.75 Å². The average molecular weight is 471 g/mol. The number of hydrogen-bond acceptors (Lipinski definition) is 5. The summed E-state index contributed by atoms with van der Waals surface area (Å²) < 4.78 is 8.89. The summed E-state index contributed by atoms with van der Waals surface area (Å²) in [6.07, 6.45) is 6.27. The number of rotatable bonds is 8. The molecule has 0 aliphatic heterocycles. The molecule has 0 bridgehead atoms. The van der Waals surface area contributed by atoms with Crippen molar-refractivity contribution < 1.29 is 9.53 Å². The van der Waals surface area contributed by atoms with Crippen molar-refractivity contribution in [1.82, 2.24) is 14.5 Å². The molecule has 0 aliphatic carbocycles. The molecule has 0 atom stereocenters. The van der Waals surface area contributed by atoms with Gasteiger partial charge in [0.25, 0.3) is 5.91 Å². The van der Waals surface area contributed by atoms with E-state index in [1.54, 1.807) is 28.8 Å². The smallest absolute Gasteiger partial charge is 0.266 e. The van der Waals surface area contributed by atoms with Gasteiger partial charge in [-0.2, -0.15) is 0 Å². The number of hydrogen-bond donors (Lipinski definition) is 0. The van der Waals surface area contributed by atoms with E-state index >= 15 is 0 Å². The van der Waals surface area contributed by atoms with Crippen LogP contribution in [0, 0.1) is 20.8 Å². The van der Waals surface area contributed by atoms with E-state index in [9.17, 15) is 4.79 Å². The van der Waals surface area contributed by atoms with Crippen LogP contribution < -0.4 is 9.64 Å². The number of carbonyl (C=O) groups excluding carboxylic acids is 1. The highest BCUT2D eigenvalue weighted by Gasteiger charge is 2.21. The minimum Gasteiger partial charge on any atom is -0.484 e. The van der Waals surface area contributed by atoms with E-state index in [0.717, 1.165) is 34.3 Å². The first-order chi connectivity index (χ1) is 15.0. The van der Waals surface area contributed by atoms with Crippen molar-refractivity contribution in [2.75, 3.05) is 18.1 Å². The topological polar surface area (TPSA) is 60.2 Å². The van der Waals surface area contributed by atoms with Gasteiger partial charge in [0, 0.05) is 25.5 Å². The lowest BCUT2D eigenvalue weighted by molar-refractivity contribution is -0.120. The quantitative estimate of drug-likeness (QED) is 0.348. The third-order valence-electron chi connectivity index (χ3n) is 5.31. The van der Waals surface area contributed by atoms with E-state index in [1.165, 1.54) is 5.56 Å². The van der Waals surface area contributed by atoms with Gasteiger partial charge in [-0.25, -0.2) is 9.97 Å². The summed E-state index contributed by atoms with van der Waals surface area (Å²) in [6.45, 7) is 7.48. The van der Waals surface area contributed by atoms with E-state index in [1.807, 2.05) is 42.0 Å². The fourth-order valence-electron chi connectivity index (χ4n) is 3.42. The number of benzene rings is 2. The van der Waals surface area contributed by atoms with E-state index in [0.29, 0.717) is 17.4 Å². The highest BCUT2D eigenvalue weighted by molar-refractivity contribution is 7.22. The van der Waals surface area contributed by atoms with Gasteiger partial charge < -0.3 is 9.30 Å². The Kier molecular flexibility index (Phi) is 7.88. The van der Waals surface area contributed by atoms with Crippen LogP contribution in [-0.4, -0.2) is 33.6 Å². The number of carbonyl (C=O) groups is 1. The first kappa shape index (κ1) is 23.8. The predicted octanol–water partition coefficient (Wildman–Crippen LogP) is 5.34. The number of ether oxygens (including phenoxy) is 1. The zero-order valence-corrected chi connectivity index (χ0v) is 20.1. The lowest BCUT2D eigenvalue weighted by atomic mass is 10.1. The van der Waals surface area contributed by atoms with Gasteiger partial charge in [-0.05, 0) is 62.1 Å². The lowest BCUT2D eigenvalue weighted by Gasteiger charge is -2.20. The summed E-state index contributed by atoms with van der Waals surface area (Å²) in [6, 6.07) is 11.9. The number of imidazole rings is 1. The van der Waals surface area contributed by atoms with Crippen molar-refractivity contribution in [2.24, 2.45) is 0 Å². The maximum absolute atomic E-state index is 13.2. The lowest BCUT2D eigenvalue weighted by Crippen LogP contribution is -2.36. The number of anilines is 1. The highest BCUT2D eigenvalue weighted by atomic mass is 35.5. The number of thiazole rings is 1. The number of amides is 1. The van der Waals surface area contributed by atoms with Crippen LogP contribution in [0.15, 0.2) is 55.1 Å². The van der Waals surface area contributed by atoms with Gasteiger partial charge in [-0.3, -0.25) is 9.69 Å². The van der Waals surface area contributed by atoms with Crippen LogP contribution in [0.3, 0.4) is 0 Å². The van der Waals surface area contributed by atoms with Gasteiger partial charge >= 0.3 is 0 Å². The SMILES string of the molecule is Cc1cccc(OCC(=O)N(CCCn2ccnc2)c2nc3c(C)c(C)ccc3s2)c1.Cl. The predicted molar refractivity (Wildman–Crippen MR) is 132 cm³/mol. The van der Waals surface area contributed by atoms with Crippen LogP contribution in [-0.2, 0) is 11.3 Å². The minimum atomic E-state index is -0.0967. The largest absolute Gasteiger partial charge is 0.484 e. The first-order valence-corrected chi connectivity index (χ1v) is 11.2. The van der Waals surface area contributed by atoms with Crippen LogP contribution >= 0.6 is 23.7 Å². The normalized spacial score (nSPS) is 10.7. The Balaban J connectivity index is 0.00000289. The van der Waals surface area contributed by atoms with Crippen LogP contribution in [0.1, 0.15) is 23.1 Å². The van der Waals surface area contributed by atoms with Gasteiger partial charge in [0.05, 0.1) is 16.5 Å². The molecule has 0 fully saturated rings. The number of halogens is 1. The van der Waals surface area contributed by atoms with E-state index in [2.05, 4.69) is 31.0 Å². The molecule has 8 heteroatoms. The summed E-state index contributed by atoms with van der Waals surface area (Å²) in [5.41, 5.74) is 4.41. The standard InChI is InChI=1S/C24H26N4O2S.ClH/c1-17-6-4-7-20(14-17)30-15-22(29)28(12-5-11-27-13-10-25-16-27)24-26-23-19(3)18(2)8-9-21(23)31-24;/h4,6-10,13-14,16H,5,11-12,15H2,1-3H3;1H. The number of aryl methyl sites for hydroxylation is 4. The Bertz CT molecular complexity index is 1190. The molecule has 32 heavy (non-hydrogen) atoms. The zero-order chi connectivity index (χ0) is 21.8. The summed E-state index contributed by atoms with van der Waals surface area (Å²) in [7, 11) is 0. The molecule has 6 nitrogen and oxygen atoms in total. The number of nitrogens with zero attached hydrogens (tertiary/aromatic N) is 4. The molecule has 0 saturated carbocycles. The van der Waals surface area contributed by atoms with Crippen molar-refractivity contribution in [1.29, 1.82) is 0 Å². The molecular weight excluding hydrogens is 444 g/mol. The summed E-state index contributed by atoms with van der Waals surface area (Å²) in [4.78, 5) is 23.8. The minimum absolute atomic E-state index is 0. The van der Waals surface area contributed by atoms with E-state index in [4.69, 9.17) is 9.72 Å². The van der Waals surface area contributed by atoms with Crippen molar-refractivity contribution in [3.63, 3.8) is 0 Å². The summed E-state index contributed by atoms with van der Waals surface area (Å²) in [5.74, 6) is 0.600. The van der Waals surface area contributed by atoms with E-state index in [-0.39, 0.29) is 24.9 Å². The van der Waals surface area contributed by atoms with Crippen LogP contribution in [0.25, 0.3) is 10.2 Å². The molecule has 2 aromatic carbocycles. The molecule has 0 aliphatic rings. The molecule has 0 spiro atoms. The third-order valence-corrected chi connectivity index (χ3v) is 6.36. The van der Waals surface area contributed by atoms with Crippen molar-refractivity contribution >= 4 is 45.0 Å². The van der Waals surface area contributed by atoms with Gasteiger partial charge in [0.15, 0.2) is 11.7 Å². The van der Waals surface area contributed by atoms with Crippen molar-refractivity contribution in [2.45, 2.75) is 33.7 Å². The van der Waals surface area contributed by atoms with Gasteiger partial charge in [0.2, 0.25) is 0 Å². The molecule has 0 radical (unpaired) electrons. The number of fused-ring (bicyclic) bond motifs is 1. The Morgan fingerprint density at radius 1 is 1.19 bits per heavy atom. The number of aromatic nitrogens is 3. The van der Waals surface area contributed by atoms with E-state index < -0.39 is 0 Å². The zero-order valence-electron chi connectivity index (χ0n) is 18.4. The Hall–Kier alpha value is -2.90. The monoisotopic (exact) mass is 470 g/mol. The Morgan fingerprint density at radius 3 is 2.78 bits per heavy atom. The molecule has 0 N–H and O–H groups in total. The average Bonchev–Trinajstić information content (AvgIpc) is 3.42. The molecule has 4 aromatic rings. The fraction of sp³-hybridized carbons (Fsp3) is 0.292. The molecule has 2 heterocycles. The van der Waals surface area contributed by atoms with Crippen LogP contribution in [0.4, 0.5) is 5.13 Å². The molecule has 2 aromatic heterocycles. The van der Waals surface area contributed by atoms with Gasteiger partial charge in [-0.1, -0.05) is 29.5 Å². The second kappa shape index (κ2) is 10.6. The molecule has 0 saturated heterocycles. The summed E-state index contributed by atoms with van der Waals surface area (Å²) in [5, 5.41) is 0.715.